The van der Waals surface area contributed by atoms with E-state index in [1.54, 1.807) is 25.3 Å². The van der Waals surface area contributed by atoms with Crippen molar-refractivity contribution in [3.05, 3.63) is 125 Å². The van der Waals surface area contributed by atoms with Gasteiger partial charge in [-0.1, -0.05) is 18.2 Å². The summed E-state index contributed by atoms with van der Waals surface area (Å²) in [5, 5.41) is 26.0. The molecule has 0 radical (unpaired) electrons. The van der Waals surface area contributed by atoms with E-state index >= 15 is 0 Å². The molecule has 12 rings (SSSR count). The molecule has 0 saturated carbocycles. The third-order valence-electron chi connectivity index (χ3n) is 15.2. The fraction of sp³-hybridized carbons (Fsp3) is 0.367. The second-order valence-corrected chi connectivity index (χ2v) is 19.7. The van der Waals surface area contributed by atoms with Crippen molar-refractivity contribution in [2.24, 2.45) is 0 Å². The van der Waals surface area contributed by atoms with E-state index in [9.17, 15) is 10.2 Å². The first-order valence-electron chi connectivity index (χ1n) is 25.7. The largest absolute Gasteiger partial charge is 1.00 e. The Hall–Kier alpha value is -6.16. The minimum atomic E-state index is 0. The number of ether oxygens (including phenoxy) is 1. The minimum absolute atomic E-state index is 0. The van der Waals surface area contributed by atoms with Gasteiger partial charge in [0.15, 0.2) is 0 Å². The highest BCUT2D eigenvalue weighted by atomic mass is 35.5. The van der Waals surface area contributed by atoms with Gasteiger partial charge in [0.05, 0.1) is 24.8 Å². The molecule has 0 unspecified atom stereocenters. The zero-order valence-electron chi connectivity index (χ0n) is 41.2. The normalized spacial score (nSPS) is 16.4. The Labute approximate surface area is 429 Å². The molecule has 9 nitrogen and oxygen atoms in total. The molecule has 2 aliphatic carbocycles. The number of piperidine rings is 4. The van der Waals surface area contributed by atoms with Gasteiger partial charge < -0.3 is 58.4 Å². The van der Waals surface area contributed by atoms with Gasteiger partial charge >= 0.3 is 0 Å². The summed E-state index contributed by atoms with van der Waals surface area (Å²) in [6.45, 7) is 10.9. The molecule has 370 valence electrons. The van der Waals surface area contributed by atoms with Crippen LogP contribution in [0.3, 0.4) is 0 Å². The molecule has 4 saturated heterocycles. The molecule has 0 aromatic heterocycles. The summed E-state index contributed by atoms with van der Waals surface area (Å²) >= 11 is 0. The predicted octanol–water partition coefficient (Wildman–Crippen LogP) is 6.04. The molecule has 4 fully saturated rings. The number of anilines is 2. The van der Waals surface area contributed by atoms with Crippen LogP contribution in [0.2, 0.25) is 0 Å². The van der Waals surface area contributed by atoms with E-state index in [4.69, 9.17) is 13.6 Å². The highest BCUT2D eigenvalue weighted by Crippen LogP contribution is 2.48. The van der Waals surface area contributed by atoms with Crippen LogP contribution < -0.4 is 59.2 Å². The minimum Gasteiger partial charge on any atom is -1.00 e. The Morgan fingerprint density at radius 3 is 1.37 bits per heavy atom. The molecule has 6 heterocycles. The summed E-state index contributed by atoms with van der Waals surface area (Å²) in [6.07, 6.45) is 15.1. The number of rotatable bonds is 5. The molecule has 0 spiro atoms. The number of hydrogen-bond acceptors (Lipinski definition) is 7. The number of phenolic OH excluding ortho intramolecular Hbond substituents is 2. The second kappa shape index (κ2) is 22.1. The molecule has 8 aliphatic rings. The molecule has 4 aromatic carbocycles. The van der Waals surface area contributed by atoms with Crippen LogP contribution in [-0.4, -0.2) is 69.7 Å². The van der Waals surface area contributed by atoms with E-state index in [0.717, 1.165) is 125 Å². The van der Waals surface area contributed by atoms with Crippen molar-refractivity contribution in [2.75, 3.05) is 69.3 Å². The van der Waals surface area contributed by atoms with Gasteiger partial charge in [-0.05, 0) is 118 Å². The van der Waals surface area contributed by atoms with Crippen LogP contribution in [-0.2, 0) is 0 Å². The van der Waals surface area contributed by atoms with Crippen molar-refractivity contribution < 1.29 is 48.6 Å². The molecule has 0 bridgehead atoms. The van der Waals surface area contributed by atoms with E-state index in [1.165, 1.54) is 99.2 Å². The highest BCUT2D eigenvalue weighted by Gasteiger charge is 2.26. The third-order valence-corrected chi connectivity index (χ3v) is 15.2. The SMILES string of the molecule is COc1cccc(C)c1-c1c2ccc(=[N+]3CCCCC3)cc-2oc2cc(N3CCCCC3)ccc12.Oc1cccc(O)c1-c1c2ccc(=[N+]3CCCCC3)cc-2oc2cc(N3CCCCC3)ccc12.[Cl-].[Cl-]. The summed E-state index contributed by atoms with van der Waals surface area (Å²) in [7, 11) is 1.76. The van der Waals surface area contributed by atoms with Gasteiger partial charge in [0.2, 0.25) is 10.7 Å². The molecular formula is C60H66Cl2N4O5. The number of benzene rings is 6. The standard InChI is InChI=1S/C31H35N2O2.C29H30N2O3.2ClH/c1-22-10-9-11-27(34-2)30(22)31-25-14-12-23(32-16-5-3-6-17-32)20-28(25)35-29-21-24(13-15-26(29)31)33-18-7-4-8-19-33;32-24-8-7-9-25(33)29(24)28-22-12-10-20(30-14-3-1-4-15-30)18-26(22)34-27-19-21(11-13-23(27)28)31-16-5-2-6-17-31;;/h9-15,20-21H,3-8,16-19H2,1-2H3;7-13,18-19H,1-6,14-17H2,(H,32,33);2*1H/q+1;;;/p-1. The van der Waals surface area contributed by atoms with Gasteiger partial charge in [-0.25, -0.2) is 9.15 Å². The average Bonchev–Trinajstić information content (AvgIpc) is 3.40. The number of nitrogens with zero attached hydrogens (tertiary/aromatic N) is 4. The first kappa shape index (κ1) is 49.8. The van der Waals surface area contributed by atoms with Gasteiger partial charge in [0, 0.05) is 126 Å². The van der Waals surface area contributed by atoms with Crippen LogP contribution in [0.5, 0.6) is 17.2 Å². The van der Waals surface area contributed by atoms with Gasteiger partial charge in [-0.15, -0.1) is 0 Å². The molecule has 4 aromatic rings. The van der Waals surface area contributed by atoms with Crippen LogP contribution in [0.25, 0.3) is 66.8 Å². The number of phenols is 2. The monoisotopic (exact) mass is 992 g/mol. The third kappa shape index (κ3) is 10.1. The van der Waals surface area contributed by atoms with Crippen molar-refractivity contribution in [3.8, 4) is 62.1 Å². The molecule has 0 amide bonds. The van der Waals surface area contributed by atoms with E-state index in [-0.39, 0.29) is 36.3 Å². The van der Waals surface area contributed by atoms with Crippen molar-refractivity contribution in [1.82, 2.24) is 9.15 Å². The highest BCUT2D eigenvalue weighted by molar-refractivity contribution is 6.06. The number of halogens is 2. The van der Waals surface area contributed by atoms with Crippen LogP contribution in [0.1, 0.15) is 82.6 Å². The van der Waals surface area contributed by atoms with Gasteiger partial charge in [0.1, 0.15) is 66.1 Å². The molecule has 0 atom stereocenters. The van der Waals surface area contributed by atoms with Crippen molar-refractivity contribution in [1.29, 1.82) is 0 Å². The van der Waals surface area contributed by atoms with Crippen molar-refractivity contribution in [3.63, 3.8) is 0 Å². The van der Waals surface area contributed by atoms with Gasteiger partial charge in [0.25, 0.3) is 0 Å². The lowest BCUT2D eigenvalue weighted by Crippen LogP contribution is -3.00. The number of aryl methyl sites for hydroxylation is 1. The first-order chi connectivity index (χ1) is 33.9. The van der Waals surface area contributed by atoms with Crippen molar-refractivity contribution in [2.45, 2.75) is 84.0 Å². The molecule has 11 heteroatoms. The van der Waals surface area contributed by atoms with Crippen LogP contribution in [0.4, 0.5) is 11.4 Å². The molecular weight excluding hydrogens is 928 g/mol. The molecule has 2 N–H and O–H groups in total. The number of hydrogen-bond donors (Lipinski definition) is 2. The van der Waals surface area contributed by atoms with E-state index in [1.807, 2.05) is 0 Å². The first-order valence-corrected chi connectivity index (χ1v) is 25.7. The van der Waals surface area contributed by atoms with E-state index in [2.05, 4.69) is 117 Å². The van der Waals surface area contributed by atoms with Crippen molar-refractivity contribution >= 4 is 33.3 Å². The summed E-state index contributed by atoms with van der Waals surface area (Å²) in [4.78, 5) is 4.92. The van der Waals surface area contributed by atoms with E-state index < -0.39 is 0 Å². The molecule has 71 heavy (non-hydrogen) atoms. The van der Waals surface area contributed by atoms with Crippen LogP contribution in [0, 0.1) is 6.92 Å². The number of fused-ring (bicyclic) bond motifs is 4. The summed E-state index contributed by atoms with van der Waals surface area (Å²) in [5.41, 5.74) is 11.0. The Bertz CT molecular complexity index is 3220. The predicted molar refractivity (Wildman–Crippen MR) is 281 cm³/mol. The van der Waals surface area contributed by atoms with Crippen LogP contribution in [0.15, 0.2) is 118 Å². The number of aromatic hydroxyl groups is 2. The quantitative estimate of drug-likeness (QED) is 0.161. The zero-order chi connectivity index (χ0) is 46.8. The maximum atomic E-state index is 10.8. The van der Waals surface area contributed by atoms with Crippen LogP contribution >= 0.6 is 0 Å². The number of methoxy groups -OCH3 is 1. The van der Waals surface area contributed by atoms with Gasteiger partial charge in [-0.3, -0.25) is 0 Å². The Morgan fingerprint density at radius 1 is 0.465 bits per heavy atom. The lowest BCUT2D eigenvalue weighted by Gasteiger charge is -2.29. The lowest BCUT2D eigenvalue weighted by atomic mass is 9.90. The average molecular weight is 994 g/mol. The summed E-state index contributed by atoms with van der Waals surface area (Å²) < 4.78 is 24.0. The summed E-state index contributed by atoms with van der Waals surface area (Å²) in [5.74, 6) is 2.74. The lowest BCUT2D eigenvalue weighted by molar-refractivity contribution is -0.00100. The fourth-order valence-electron chi connectivity index (χ4n) is 11.6. The van der Waals surface area contributed by atoms with E-state index in [0.29, 0.717) is 5.56 Å². The Morgan fingerprint density at radius 2 is 0.901 bits per heavy atom. The topological polar surface area (TPSA) is 88.5 Å². The fourth-order valence-corrected chi connectivity index (χ4v) is 11.6. The maximum absolute atomic E-state index is 10.8. The Kier molecular flexibility index (Phi) is 15.5. The molecule has 6 aliphatic heterocycles. The summed E-state index contributed by atoms with van der Waals surface area (Å²) in [6, 6.07) is 37.4. The second-order valence-electron chi connectivity index (χ2n) is 19.7. The Balaban J connectivity index is 0.000000171. The maximum Gasteiger partial charge on any atom is 0.203 e. The zero-order valence-corrected chi connectivity index (χ0v) is 42.7. The van der Waals surface area contributed by atoms with Gasteiger partial charge in [-0.2, -0.15) is 0 Å². The smallest absolute Gasteiger partial charge is 0.203 e.